The summed E-state index contributed by atoms with van der Waals surface area (Å²) in [6.07, 6.45) is 4.55. The van der Waals surface area contributed by atoms with E-state index in [1.807, 2.05) is 23.9 Å². The van der Waals surface area contributed by atoms with Crippen molar-refractivity contribution >= 4 is 11.8 Å². The Morgan fingerprint density at radius 3 is 2.67 bits per heavy atom. The zero-order valence-corrected chi connectivity index (χ0v) is 13.5. The third-order valence-electron chi connectivity index (χ3n) is 4.94. The molecule has 116 valence electrons. The second kappa shape index (κ2) is 6.59. The van der Waals surface area contributed by atoms with Crippen molar-refractivity contribution in [3.05, 3.63) is 29.8 Å². The van der Waals surface area contributed by atoms with Crippen LogP contribution in [0.1, 0.15) is 37.3 Å². The summed E-state index contributed by atoms with van der Waals surface area (Å²) in [5, 5.41) is 0. The molecule has 0 saturated carbocycles. The molecule has 3 rings (SSSR count). The smallest absolute Gasteiger partial charge is 0.118 e. The third kappa shape index (κ3) is 3.38. The molecule has 1 spiro atoms. The van der Waals surface area contributed by atoms with Crippen molar-refractivity contribution in [1.82, 2.24) is 0 Å². The van der Waals surface area contributed by atoms with Crippen molar-refractivity contribution in [2.45, 2.75) is 37.3 Å². The Balaban J connectivity index is 1.69. The van der Waals surface area contributed by atoms with Crippen LogP contribution in [0.2, 0.25) is 0 Å². The average Bonchev–Trinajstić information content (AvgIpc) is 2.55. The van der Waals surface area contributed by atoms with Crippen molar-refractivity contribution in [3.8, 4) is 5.75 Å². The van der Waals surface area contributed by atoms with E-state index < -0.39 is 0 Å². The van der Waals surface area contributed by atoms with Crippen LogP contribution in [0, 0.1) is 5.92 Å². The predicted molar refractivity (Wildman–Crippen MR) is 87.9 cm³/mol. The number of methoxy groups -OCH3 is 1. The van der Waals surface area contributed by atoms with E-state index in [2.05, 4.69) is 12.1 Å². The van der Waals surface area contributed by atoms with Crippen LogP contribution < -0.4 is 10.5 Å². The standard InChI is InChI=1S/C17H25NO2S/c1-19-15-4-2-13(3-5-15)16(18)14-6-9-20-17(12-14)7-10-21-11-8-17/h2-5,14,16H,6-12,18H2,1H3. The minimum Gasteiger partial charge on any atom is -0.497 e. The second-order valence-electron chi connectivity index (χ2n) is 6.20. The molecule has 21 heavy (non-hydrogen) atoms. The van der Waals surface area contributed by atoms with E-state index in [9.17, 15) is 0 Å². The molecule has 2 N–H and O–H groups in total. The van der Waals surface area contributed by atoms with Crippen LogP contribution >= 0.6 is 11.8 Å². The first-order chi connectivity index (χ1) is 10.2. The normalized spacial score (nSPS) is 26.5. The fourth-order valence-electron chi connectivity index (χ4n) is 3.56. The number of thioether (sulfide) groups is 1. The molecule has 0 bridgehead atoms. The van der Waals surface area contributed by atoms with Crippen molar-refractivity contribution in [1.29, 1.82) is 0 Å². The predicted octanol–water partition coefficient (Wildman–Crippen LogP) is 3.39. The van der Waals surface area contributed by atoms with Crippen LogP contribution in [-0.2, 0) is 4.74 Å². The van der Waals surface area contributed by atoms with Crippen LogP contribution in [0.15, 0.2) is 24.3 Å². The Morgan fingerprint density at radius 1 is 1.29 bits per heavy atom. The van der Waals surface area contributed by atoms with Gasteiger partial charge in [-0.1, -0.05) is 12.1 Å². The highest BCUT2D eigenvalue weighted by molar-refractivity contribution is 7.99. The van der Waals surface area contributed by atoms with Gasteiger partial charge in [0.05, 0.1) is 12.7 Å². The van der Waals surface area contributed by atoms with Crippen molar-refractivity contribution < 1.29 is 9.47 Å². The summed E-state index contributed by atoms with van der Waals surface area (Å²) < 4.78 is 11.4. The Bertz CT molecular complexity index is 451. The van der Waals surface area contributed by atoms with Crippen LogP contribution in [-0.4, -0.2) is 30.8 Å². The van der Waals surface area contributed by atoms with E-state index in [1.54, 1.807) is 7.11 Å². The van der Waals surface area contributed by atoms with Gasteiger partial charge in [0.2, 0.25) is 0 Å². The van der Waals surface area contributed by atoms with Crippen molar-refractivity contribution in [2.24, 2.45) is 11.7 Å². The summed E-state index contributed by atoms with van der Waals surface area (Å²) >= 11 is 2.05. The molecule has 2 aliphatic rings. The van der Waals surface area contributed by atoms with Gasteiger partial charge in [0, 0.05) is 12.6 Å². The summed E-state index contributed by atoms with van der Waals surface area (Å²) in [6, 6.07) is 8.31. The SMILES string of the molecule is COc1ccc(C(N)C2CCOC3(CCSCC3)C2)cc1. The number of hydrogen-bond acceptors (Lipinski definition) is 4. The van der Waals surface area contributed by atoms with Gasteiger partial charge in [0.25, 0.3) is 0 Å². The van der Waals surface area contributed by atoms with E-state index in [1.165, 1.54) is 29.9 Å². The second-order valence-corrected chi connectivity index (χ2v) is 7.42. The Kier molecular flexibility index (Phi) is 4.77. The van der Waals surface area contributed by atoms with Crippen molar-refractivity contribution in [2.75, 3.05) is 25.2 Å². The maximum absolute atomic E-state index is 6.55. The van der Waals surface area contributed by atoms with Gasteiger partial charge in [-0.05, 0) is 60.8 Å². The topological polar surface area (TPSA) is 44.5 Å². The van der Waals surface area contributed by atoms with E-state index >= 15 is 0 Å². The largest absolute Gasteiger partial charge is 0.497 e. The maximum atomic E-state index is 6.55. The number of nitrogens with two attached hydrogens (primary N) is 1. The molecule has 0 aliphatic carbocycles. The molecule has 0 aromatic heterocycles. The van der Waals surface area contributed by atoms with Gasteiger partial charge >= 0.3 is 0 Å². The molecular formula is C17H25NO2S. The molecule has 2 heterocycles. The molecular weight excluding hydrogens is 282 g/mol. The van der Waals surface area contributed by atoms with Gasteiger partial charge in [-0.2, -0.15) is 11.8 Å². The molecule has 2 aliphatic heterocycles. The highest BCUT2D eigenvalue weighted by atomic mass is 32.2. The molecule has 1 aromatic rings. The lowest BCUT2D eigenvalue weighted by molar-refractivity contribution is -0.105. The first kappa shape index (κ1) is 15.2. The lowest BCUT2D eigenvalue weighted by atomic mass is 9.77. The van der Waals surface area contributed by atoms with E-state index in [0.717, 1.165) is 25.2 Å². The van der Waals surface area contributed by atoms with E-state index in [-0.39, 0.29) is 11.6 Å². The molecule has 3 nitrogen and oxygen atoms in total. The number of ether oxygens (including phenoxy) is 2. The van der Waals surface area contributed by atoms with Gasteiger partial charge < -0.3 is 15.2 Å². The Labute approximate surface area is 131 Å². The Morgan fingerprint density at radius 2 is 2.00 bits per heavy atom. The van der Waals surface area contributed by atoms with Gasteiger partial charge in [-0.25, -0.2) is 0 Å². The van der Waals surface area contributed by atoms with Gasteiger partial charge in [0.15, 0.2) is 0 Å². The molecule has 0 amide bonds. The average molecular weight is 307 g/mol. The first-order valence-electron chi connectivity index (χ1n) is 7.84. The number of hydrogen-bond donors (Lipinski definition) is 1. The number of benzene rings is 1. The monoisotopic (exact) mass is 307 g/mol. The molecule has 2 saturated heterocycles. The molecule has 2 unspecified atom stereocenters. The molecule has 4 heteroatoms. The molecule has 1 aromatic carbocycles. The minimum absolute atomic E-state index is 0.103. The summed E-state index contributed by atoms with van der Waals surface area (Å²) in [7, 11) is 1.69. The fraction of sp³-hybridized carbons (Fsp3) is 0.647. The highest BCUT2D eigenvalue weighted by Crippen LogP contribution is 2.43. The Hall–Kier alpha value is -0.710. The molecule has 2 atom stereocenters. The quantitative estimate of drug-likeness (QED) is 0.929. The first-order valence-corrected chi connectivity index (χ1v) is 8.99. The summed E-state index contributed by atoms with van der Waals surface area (Å²) in [5.41, 5.74) is 7.87. The van der Waals surface area contributed by atoms with Crippen LogP contribution in [0.5, 0.6) is 5.75 Å². The third-order valence-corrected chi connectivity index (χ3v) is 5.93. The van der Waals surface area contributed by atoms with Gasteiger partial charge in [-0.15, -0.1) is 0 Å². The fourth-order valence-corrected chi connectivity index (χ4v) is 4.80. The van der Waals surface area contributed by atoms with Crippen molar-refractivity contribution in [3.63, 3.8) is 0 Å². The number of rotatable bonds is 3. The lowest BCUT2D eigenvalue weighted by Crippen LogP contribution is -2.45. The van der Waals surface area contributed by atoms with Gasteiger partial charge in [-0.3, -0.25) is 0 Å². The molecule has 2 fully saturated rings. The summed E-state index contributed by atoms with van der Waals surface area (Å²) in [4.78, 5) is 0. The zero-order chi connectivity index (χ0) is 14.7. The van der Waals surface area contributed by atoms with Crippen LogP contribution in [0.3, 0.4) is 0 Å². The van der Waals surface area contributed by atoms with Crippen LogP contribution in [0.4, 0.5) is 0 Å². The minimum atomic E-state index is 0.103. The van der Waals surface area contributed by atoms with Gasteiger partial charge in [0.1, 0.15) is 5.75 Å². The summed E-state index contributed by atoms with van der Waals surface area (Å²) in [6.45, 7) is 0.860. The molecule has 0 radical (unpaired) electrons. The van der Waals surface area contributed by atoms with E-state index in [4.69, 9.17) is 15.2 Å². The zero-order valence-electron chi connectivity index (χ0n) is 12.7. The maximum Gasteiger partial charge on any atom is 0.118 e. The summed E-state index contributed by atoms with van der Waals surface area (Å²) in [5.74, 6) is 3.86. The highest BCUT2D eigenvalue weighted by Gasteiger charge is 2.40. The van der Waals surface area contributed by atoms with E-state index in [0.29, 0.717) is 5.92 Å². The van der Waals surface area contributed by atoms with Crippen LogP contribution in [0.25, 0.3) is 0 Å². The lowest BCUT2D eigenvalue weighted by Gasteiger charge is -2.44.